The highest BCUT2D eigenvalue weighted by atomic mass is 32.1. The van der Waals surface area contributed by atoms with Crippen LogP contribution in [0.4, 0.5) is 0 Å². The van der Waals surface area contributed by atoms with Gasteiger partial charge in [-0.05, 0) is 12.5 Å². The second kappa shape index (κ2) is 9.35. The molecule has 0 fully saturated rings. The minimum Gasteiger partial charge on any atom is -0.737 e. The van der Waals surface area contributed by atoms with Crippen molar-refractivity contribution in [3.05, 3.63) is 35.9 Å². The summed E-state index contributed by atoms with van der Waals surface area (Å²) in [5, 5.41) is 9.52. The lowest BCUT2D eigenvalue weighted by Crippen LogP contribution is -2.33. The molecule has 104 valence electrons. The summed E-state index contributed by atoms with van der Waals surface area (Å²) in [6.07, 6.45) is 0. The first-order valence-corrected chi connectivity index (χ1v) is 6.21. The van der Waals surface area contributed by atoms with Gasteiger partial charge in [-0.25, -0.2) is 0 Å². The number of aliphatic carboxylic acids is 1. The van der Waals surface area contributed by atoms with Gasteiger partial charge >= 0.3 is 5.97 Å². The Balaban J connectivity index is 0.000000342. The maximum absolute atomic E-state index is 10.6. The standard InChI is InChI=1S/C7H6OS.C5H9NO3S/c8-7(9)6-4-2-1-3-5-6;1-3(10)5(9)6-2-4(7)8/h1-5H,(H,8,9);3,10H,2H2,1H3,(H,6,9)(H,7,8)/p-1. The molecule has 1 unspecified atom stereocenters. The smallest absolute Gasteiger partial charge is 0.322 e. The molecule has 1 atom stereocenters. The molecule has 0 bridgehead atoms. The van der Waals surface area contributed by atoms with Crippen LogP contribution in [0.2, 0.25) is 0 Å². The van der Waals surface area contributed by atoms with E-state index in [1.54, 1.807) is 31.2 Å². The summed E-state index contributed by atoms with van der Waals surface area (Å²) in [6, 6.07) is 8.84. The number of hydrogen-bond acceptors (Lipinski definition) is 5. The van der Waals surface area contributed by atoms with Crippen LogP contribution in [0, 0.1) is 0 Å². The van der Waals surface area contributed by atoms with E-state index in [2.05, 4.69) is 30.6 Å². The first-order valence-electron chi connectivity index (χ1n) is 5.28. The van der Waals surface area contributed by atoms with E-state index in [1.807, 2.05) is 6.07 Å². The topological polar surface area (TPSA) is 83.5 Å². The van der Waals surface area contributed by atoms with E-state index in [0.717, 1.165) is 0 Å². The average Bonchev–Trinajstić information content (AvgIpc) is 2.37. The number of carboxylic acids is 1. The zero-order valence-corrected chi connectivity index (χ0v) is 11.9. The molecule has 0 radical (unpaired) electrons. The van der Waals surface area contributed by atoms with Crippen LogP contribution < -0.4 is 5.32 Å². The molecule has 0 heterocycles. The van der Waals surface area contributed by atoms with E-state index in [1.165, 1.54) is 0 Å². The molecule has 0 saturated heterocycles. The van der Waals surface area contributed by atoms with Crippen molar-refractivity contribution in [2.24, 2.45) is 0 Å². The fourth-order valence-corrected chi connectivity index (χ4v) is 1.11. The Bertz CT molecular complexity index is 435. The lowest BCUT2D eigenvalue weighted by Gasteiger charge is -2.02. The summed E-state index contributed by atoms with van der Waals surface area (Å²) in [5.41, 5.74) is 0.590. The third-order valence-electron chi connectivity index (χ3n) is 1.80. The van der Waals surface area contributed by atoms with Crippen molar-refractivity contribution in [1.29, 1.82) is 0 Å². The van der Waals surface area contributed by atoms with Crippen LogP contribution in [0.3, 0.4) is 0 Å². The van der Waals surface area contributed by atoms with Gasteiger partial charge in [0, 0.05) is 5.12 Å². The van der Waals surface area contributed by atoms with Gasteiger partial charge in [-0.1, -0.05) is 30.3 Å². The van der Waals surface area contributed by atoms with Crippen LogP contribution >= 0.6 is 12.6 Å². The summed E-state index contributed by atoms with van der Waals surface area (Å²) in [5.74, 6) is -1.42. The van der Waals surface area contributed by atoms with Crippen molar-refractivity contribution >= 4 is 42.2 Å². The molecule has 0 aliphatic heterocycles. The number of thiol groups is 1. The van der Waals surface area contributed by atoms with E-state index in [0.29, 0.717) is 5.56 Å². The Morgan fingerprint density at radius 3 is 2.16 bits per heavy atom. The van der Waals surface area contributed by atoms with Gasteiger partial charge in [-0.3, -0.25) is 9.59 Å². The lowest BCUT2D eigenvalue weighted by molar-refractivity contribution is -0.137. The van der Waals surface area contributed by atoms with Gasteiger partial charge in [0.2, 0.25) is 5.91 Å². The molecule has 19 heavy (non-hydrogen) atoms. The maximum atomic E-state index is 10.6. The maximum Gasteiger partial charge on any atom is 0.322 e. The molecule has 2 N–H and O–H groups in total. The van der Waals surface area contributed by atoms with Gasteiger partial charge in [0.05, 0.1) is 5.25 Å². The fourth-order valence-electron chi connectivity index (χ4n) is 0.885. The molecule has 5 nitrogen and oxygen atoms in total. The third-order valence-corrected chi connectivity index (χ3v) is 2.27. The molecule has 0 aliphatic rings. The van der Waals surface area contributed by atoms with Crippen LogP contribution in [-0.4, -0.2) is 33.9 Å². The molecule has 0 aliphatic carbocycles. The molecular weight excluding hydrogens is 286 g/mol. The molecular formula is C12H14NO4S2-. The fraction of sp³-hybridized carbons (Fsp3) is 0.250. The summed E-state index contributed by atoms with van der Waals surface area (Å²) in [6.45, 7) is 1.23. The van der Waals surface area contributed by atoms with Crippen molar-refractivity contribution in [2.45, 2.75) is 12.2 Å². The van der Waals surface area contributed by atoms with Crippen molar-refractivity contribution in [3.63, 3.8) is 0 Å². The largest absolute Gasteiger partial charge is 0.737 e. The van der Waals surface area contributed by atoms with E-state index >= 15 is 0 Å². The Morgan fingerprint density at radius 1 is 1.32 bits per heavy atom. The summed E-state index contributed by atoms with van der Waals surface area (Å²) in [7, 11) is 0. The Hall–Kier alpha value is -1.60. The summed E-state index contributed by atoms with van der Waals surface area (Å²) < 4.78 is 0. The number of amides is 1. The number of carboxylic acid groups (broad SMARTS) is 1. The summed E-state index contributed by atoms with van der Waals surface area (Å²) in [4.78, 5) is 30.9. The van der Waals surface area contributed by atoms with Gasteiger partial charge in [0.1, 0.15) is 6.54 Å². The third kappa shape index (κ3) is 9.04. The predicted molar refractivity (Wildman–Crippen MR) is 77.2 cm³/mol. The highest BCUT2D eigenvalue weighted by Gasteiger charge is 2.07. The molecule has 0 spiro atoms. The second-order valence-electron chi connectivity index (χ2n) is 3.44. The minimum atomic E-state index is -1.05. The van der Waals surface area contributed by atoms with Crippen LogP contribution in [0.1, 0.15) is 17.3 Å². The number of nitrogens with one attached hydrogen (secondary N) is 1. The van der Waals surface area contributed by atoms with E-state index < -0.39 is 11.2 Å². The van der Waals surface area contributed by atoms with E-state index in [-0.39, 0.29) is 17.6 Å². The highest BCUT2D eigenvalue weighted by molar-refractivity contribution is 7.81. The normalized spacial score (nSPS) is 10.6. The van der Waals surface area contributed by atoms with Crippen LogP contribution in [0.25, 0.3) is 0 Å². The SMILES string of the molecule is CC(S)C(=O)NCC(=O)O.O=C([S-])c1ccccc1. The van der Waals surface area contributed by atoms with Crippen molar-refractivity contribution in [1.82, 2.24) is 5.32 Å². The first-order chi connectivity index (χ1) is 8.84. The van der Waals surface area contributed by atoms with Crippen molar-refractivity contribution in [3.8, 4) is 0 Å². The number of carbonyl (C=O) groups is 3. The summed E-state index contributed by atoms with van der Waals surface area (Å²) >= 11 is 8.20. The zero-order valence-electron chi connectivity index (χ0n) is 10.2. The first kappa shape index (κ1) is 17.4. The van der Waals surface area contributed by atoms with Gasteiger partial charge in [0.25, 0.3) is 0 Å². The quantitative estimate of drug-likeness (QED) is 0.568. The van der Waals surface area contributed by atoms with Crippen molar-refractivity contribution in [2.75, 3.05) is 6.54 Å². The Kier molecular flexibility index (Phi) is 8.56. The number of carbonyl (C=O) groups excluding carboxylic acids is 2. The molecule has 7 heteroatoms. The minimum absolute atomic E-state index is 0.296. The van der Waals surface area contributed by atoms with Gasteiger partial charge in [-0.2, -0.15) is 12.6 Å². The number of rotatable bonds is 4. The monoisotopic (exact) mass is 300 g/mol. The Labute approximate surface area is 122 Å². The zero-order chi connectivity index (χ0) is 14.8. The molecule has 1 amide bonds. The predicted octanol–water partition coefficient (Wildman–Crippen LogP) is 0.879. The Morgan fingerprint density at radius 2 is 1.84 bits per heavy atom. The van der Waals surface area contributed by atoms with Gasteiger partial charge in [-0.15, -0.1) is 0 Å². The average molecular weight is 300 g/mol. The van der Waals surface area contributed by atoms with Gasteiger partial charge in [0.15, 0.2) is 0 Å². The van der Waals surface area contributed by atoms with Gasteiger partial charge < -0.3 is 27.8 Å². The number of hydrogen-bond donors (Lipinski definition) is 3. The number of benzene rings is 1. The molecule has 0 aromatic heterocycles. The molecule has 1 rings (SSSR count). The molecule has 1 aromatic rings. The lowest BCUT2D eigenvalue weighted by atomic mass is 10.2. The van der Waals surface area contributed by atoms with Crippen molar-refractivity contribution < 1.29 is 19.5 Å². The van der Waals surface area contributed by atoms with Crippen LogP contribution in [0.15, 0.2) is 30.3 Å². The second-order valence-corrected chi connectivity index (χ2v) is 4.59. The van der Waals surface area contributed by atoms with Crippen LogP contribution in [-0.2, 0) is 22.2 Å². The highest BCUT2D eigenvalue weighted by Crippen LogP contribution is 1.96. The van der Waals surface area contributed by atoms with E-state index in [4.69, 9.17) is 5.11 Å². The molecule has 0 saturated carbocycles. The van der Waals surface area contributed by atoms with E-state index in [9.17, 15) is 14.4 Å². The van der Waals surface area contributed by atoms with Crippen LogP contribution in [0.5, 0.6) is 0 Å². The molecule has 1 aromatic carbocycles.